The van der Waals surface area contributed by atoms with E-state index in [0.29, 0.717) is 16.6 Å². The Balaban J connectivity index is 1.71. The summed E-state index contributed by atoms with van der Waals surface area (Å²) >= 11 is 0. The van der Waals surface area contributed by atoms with Gasteiger partial charge in [0.2, 0.25) is 0 Å². The number of nitrogens with zero attached hydrogens (tertiary/aromatic N) is 4. The number of hydrogen-bond donors (Lipinski definition) is 0. The third-order valence-corrected chi connectivity index (χ3v) is 4.85. The lowest BCUT2D eigenvalue weighted by Crippen LogP contribution is -2.33. The van der Waals surface area contributed by atoms with Gasteiger partial charge in [0, 0.05) is 40.4 Å². The van der Waals surface area contributed by atoms with Gasteiger partial charge in [0.05, 0.1) is 17.8 Å². The van der Waals surface area contributed by atoms with Crippen LogP contribution in [0.5, 0.6) is 0 Å². The van der Waals surface area contributed by atoms with Gasteiger partial charge in [-0.15, -0.1) is 0 Å². The standard InChI is InChI=1S/C21H20F4N4O2/c22-15-4-2-14(3-5-15)10-17-16-12-26-18(20(30)28-6-1-8-31-9-7-28)11-19(16)29(27-17)13-21(23,24)25/h2-5,11-12H,1,6-10,13H2/i1D2. The molecule has 4 rings (SSSR count). The molecule has 3 aromatic rings. The zero-order chi connectivity index (χ0) is 23.8. The van der Waals surface area contributed by atoms with E-state index >= 15 is 0 Å². The minimum atomic E-state index is -4.54. The Hall–Kier alpha value is -3.01. The molecule has 1 amide bonds. The molecule has 0 unspecified atom stereocenters. The van der Waals surface area contributed by atoms with E-state index in [9.17, 15) is 22.4 Å². The van der Waals surface area contributed by atoms with Crippen molar-refractivity contribution in [3.8, 4) is 0 Å². The van der Waals surface area contributed by atoms with Gasteiger partial charge in [-0.1, -0.05) is 12.1 Å². The second-order valence-corrected chi connectivity index (χ2v) is 7.14. The molecule has 6 nitrogen and oxygen atoms in total. The molecule has 164 valence electrons. The van der Waals surface area contributed by atoms with Gasteiger partial charge < -0.3 is 9.64 Å². The van der Waals surface area contributed by atoms with E-state index in [0.717, 1.165) is 4.68 Å². The number of hydrogen-bond acceptors (Lipinski definition) is 4. The maximum Gasteiger partial charge on any atom is 0.408 e. The molecule has 1 fully saturated rings. The number of amides is 1. The van der Waals surface area contributed by atoms with E-state index in [1.165, 1.54) is 41.4 Å². The first-order chi connectivity index (χ1) is 15.5. The predicted octanol–water partition coefficient (Wildman–Crippen LogP) is 3.59. The molecular formula is C21H20F4N4O2. The van der Waals surface area contributed by atoms with Crippen molar-refractivity contribution in [1.29, 1.82) is 0 Å². The van der Waals surface area contributed by atoms with Crippen molar-refractivity contribution < 1.29 is 29.8 Å². The fraction of sp³-hybridized carbons (Fsp3) is 0.381. The molecule has 1 saturated heterocycles. The molecule has 3 heterocycles. The minimum Gasteiger partial charge on any atom is -0.380 e. The molecule has 1 aliphatic rings. The fourth-order valence-electron chi connectivity index (χ4n) is 3.38. The van der Waals surface area contributed by atoms with Crippen LogP contribution in [0, 0.1) is 5.82 Å². The number of ether oxygens (including phenoxy) is 1. The largest absolute Gasteiger partial charge is 0.408 e. The number of benzene rings is 1. The Morgan fingerprint density at radius 2 is 1.97 bits per heavy atom. The molecule has 0 radical (unpaired) electrons. The smallest absolute Gasteiger partial charge is 0.380 e. The summed E-state index contributed by atoms with van der Waals surface area (Å²) in [5.41, 5.74) is 0.933. The topological polar surface area (TPSA) is 60.2 Å². The fourth-order valence-corrected chi connectivity index (χ4v) is 3.38. The highest BCUT2D eigenvalue weighted by Crippen LogP contribution is 2.26. The second kappa shape index (κ2) is 8.62. The zero-order valence-electron chi connectivity index (χ0n) is 18.3. The summed E-state index contributed by atoms with van der Waals surface area (Å²) in [5.74, 6) is -1.04. The van der Waals surface area contributed by atoms with E-state index in [4.69, 9.17) is 7.48 Å². The van der Waals surface area contributed by atoms with Crippen molar-refractivity contribution in [1.82, 2.24) is 19.7 Å². The predicted molar refractivity (Wildman–Crippen MR) is 104 cm³/mol. The molecule has 0 saturated carbocycles. The van der Waals surface area contributed by atoms with Crippen molar-refractivity contribution in [3.05, 3.63) is 59.3 Å². The molecule has 0 atom stereocenters. The van der Waals surface area contributed by atoms with E-state index in [1.807, 2.05) is 0 Å². The van der Waals surface area contributed by atoms with E-state index in [2.05, 4.69) is 10.1 Å². The lowest BCUT2D eigenvalue weighted by molar-refractivity contribution is -0.141. The highest BCUT2D eigenvalue weighted by molar-refractivity contribution is 5.96. The number of halogens is 4. The van der Waals surface area contributed by atoms with E-state index < -0.39 is 30.8 Å². The van der Waals surface area contributed by atoms with Crippen LogP contribution in [0.4, 0.5) is 17.6 Å². The van der Waals surface area contributed by atoms with Gasteiger partial charge >= 0.3 is 6.18 Å². The van der Waals surface area contributed by atoms with Crippen LogP contribution in [0.1, 0.15) is 30.9 Å². The van der Waals surface area contributed by atoms with Crippen molar-refractivity contribution in [2.75, 3.05) is 26.3 Å². The molecule has 0 N–H and O–H groups in total. The molecule has 31 heavy (non-hydrogen) atoms. The average Bonchev–Trinajstić information content (AvgIpc) is 2.93. The molecule has 10 heteroatoms. The summed E-state index contributed by atoms with van der Waals surface area (Å²) in [6.45, 7) is -1.46. The SMILES string of the molecule is [2H]C1([2H])COCCN(C(=O)c2cc3c(cn2)c(Cc2ccc(F)cc2)nn3CC(F)(F)F)C1. The van der Waals surface area contributed by atoms with Gasteiger partial charge in [0.1, 0.15) is 18.1 Å². The number of carbonyl (C=O) groups excluding carboxylic acids is 1. The summed E-state index contributed by atoms with van der Waals surface area (Å²) < 4.78 is 74.5. The summed E-state index contributed by atoms with van der Waals surface area (Å²) in [6.07, 6.45) is -4.85. The second-order valence-electron chi connectivity index (χ2n) is 7.14. The van der Waals surface area contributed by atoms with Crippen molar-refractivity contribution in [2.45, 2.75) is 25.5 Å². The number of pyridine rings is 1. The van der Waals surface area contributed by atoms with E-state index in [-0.39, 0.29) is 43.9 Å². The number of carbonyl (C=O) groups is 1. The molecule has 2 aromatic heterocycles. The van der Waals surface area contributed by atoms with Gasteiger partial charge in [-0.05, 0) is 30.1 Å². The van der Waals surface area contributed by atoms with E-state index in [1.54, 1.807) is 0 Å². The molecular weight excluding hydrogens is 416 g/mol. The quantitative estimate of drug-likeness (QED) is 0.585. The lowest BCUT2D eigenvalue weighted by Gasteiger charge is -2.19. The van der Waals surface area contributed by atoms with Crippen LogP contribution in [0.3, 0.4) is 0 Å². The lowest BCUT2D eigenvalue weighted by atomic mass is 10.1. The number of fused-ring (bicyclic) bond motifs is 1. The molecule has 0 spiro atoms. The van der Waals surface area contributed by atoms with Crippen molar-refractivity contribution in [2.24, 2.45) is 0 Å². The number of alkyl halides is 3. The van der Waals surface area contributed by atoms with Crippen LogP contribution in [0.15, 0.2) is 36.5 Å². The van der Waals surface area contributed by atoms with Gasteiger partial charge in [-0.25, -0.2) is 4.39 Å². The van der Waals surface area contributed by atoms with Crippen LogP contribution in [0.2, 0.25) is 0 Å². The Morgan fingerprint density at radius 3 is 2.71 bits per heavy atom. The summed E-state index contributed by atoms with van der Waals surface area (Å²) in [6, 6.07) is 6.78. The number of aromatic nitrogens is 3. The zero-order valence-corrected chi connectivity index (χ0v) is 16.3. The highest BCUT2D eigenvalue weighted by atomic mass is 19.4. The van der Waals surface area contributed by atoms with Crippen LogP contribution < -0.4 is 0 Å². The Bertz CT molecular complexity index is 1170. The first kappa shape index (κ1) is 18.7. The highest BCUT2D eigenvalue weighted by Gasteiger charge is 2.30. The first-order valence-electron chi connectivity index (χ1n) is 10.5. The maximum absolute atomic E-state index is 13.2. The Labute approximate surface area is 178 Å². The van der Waals surface area contributed by atoms with Crippen LogP contribution in [0.25, 0.3) is 10.9 Å². The summed E-state index contributed by atoms with van der Waals surface area (Å²) in [5, 5.41) is 4.44. The normalized spacial score (nSPS) is 17.9. The first-order valence-corrected chi connectivity index (χ1v) is 9.54. The van der Waals surface area contributed by atoms with Gasteiger partial charge in [-0.3, -0.25) is 14.5 Å². The third kappa shape index (κ3) is 5.01. The monoisotopic (exact) mass is 438 g/mol. The number of rotatable bonds is 4. The Kier molecular flexibility index (Phi) is 5.21. The van der Waals surface area contributed by atoms with Crippen LogP contribution in [-0.4, -0.2) is 58.1 Å². The van der Waals surface area contributed by atoms with Gasteiger partial charge in [0.15, 0.2) is 0 Å². The summed E-state index contributed by atoms with van der Waals surface area (Å²) in [7, 11) is 0. The molecule has 1 aliphatic heterocycles. The van der Waals surface area contributed by atoms with Gasteiger partial charge in [0.25, 0.3) is 5.91 Å². The van der Waals surface area contributed by atoms with Crippen molar-refractivity contribution >= 4 is 16.8 Å². The molecule has 1 aromatic carbocycles. The summed E-state index contributed by atoms with van der Waals surface area (Å²) in [4.78, 5) is 18.3. The molecule has 0 aliphatic carbocycles. The van der Waals surface area contributed by atoms with Crippen LogP contribution in [-0.2, 0) is 17.7 Å². The third-order valence-electron chi connectivity index (χ3n) is 4.85. The van der Waals surface area contributed by atoms with Gasteiger partial charge in [-0.2, -0.15) is 18.3 Å². The van der Waals surface area contributed by atoms with Crippen LogP contribution >= 0.6 is 0 Å². The van der Waals surface area contributed by atoms with Crippen molar-refractivity contribution in [3.63, 3.8) is 0 Å². The maximum atomic E-state index is 13.2. The minimum absolute atomic E-state index is 0.0804. The molecule has 0 bridgehead atoms. The Morgan fingerprint density at radius 1 is 1.19 bits per heavy atom. The average molecular weight is 438 g/mol.